The Morgan fingerprint density at radius 2 is 1.58 bits per heavy atom. The summed E-state index contributed by atoms with van der Waals surface area (Å²) >= 11 is 0. The van der Waals surface area contributed by atoms with Gasteiger partial charge in [-0.3, -0.25) is 9.59 Å². The van der Waals surface area contributed by atoms with Crippen molar-refractivity contribution in [3.63, 3.8) is 0 Å². The van der Waals surface area contributed by atoms with Crippen LogP contribution in [0.4, 0.5) is 5.69 Å². The molecule has 2 N–H and O–H groups in total. The van der Waals surface area contributed by atoms with Gasteiger partial charge >= 0.3 is 0 Å². The molecule has 2 aromatic rings. The van der Waals surface area contributed by atoms with Gasteiger partial charge in [-0.1, -0.05) is 43.5 Å². The van der Waals surface area contributed by atoms with Crippen LogP contribution in [0.5, 0.6) is 0 Å². The number of hydrogen-bond donors (Lipinski definition) is 2. The minimum Gasteiger partial charge on any atom is -0.351 e. The zero-order valence-electron chi connectivity index (χ0n) is 16.0. The summed E-state index contributed by atoms with van der Waals surface area (Å²) in [7, 11) is 0. The van der Waals surface area contributed by atoms with E-state index in [4.69, 9.17) is 0 Å². The van der Waals surface area contributed by atoms with Crippen LogP contribution in [-0.4, -0.2) is 23.3 Å². The Balaban J connectivity index is 2.10. The van der Waals surface area contributed by atoms with Crippen molar-refractivity contribution < 1.29 is 9.59 Å². The molecule has 0 unspecified atom stereocenters. The second-order valence-corrected chi connectivity index (χ2v) is 6.60. The first kappa shape index (κ1) is 19.6. The summed E-state index contributed by atoms with van der Waals surface area (Å²) < 4.78 is 0. The van der Waals surface area contributed by atoms with Crippen LogP contribution in [0.1, 0.15) is 63.9 Å². The van der Waals surface area contributed by atoms with Crippen molar-refractivity contribution in [3.8, 4) is 0 Å². The molecular formula is C21H27N3O2. The molecule has 5 nitrogen and oxygen atoms in total. The Labute approximate surface area is 155 Å². The maximum Gasteiger partial charge on any atom is 0.274 e. The van der Waals surface area contributed by atoms with Crippen molar-refractivity contribution >= 4 is 17.5 Å². The van der Waals surface area contributed by atoms with Crippen molar-refractivity contribution in [2.45, 2.75) is 47.0 Å². The summed E-state index contributed by atoms with van der Waals surface area (Å²) in [6.07, 6.45) is 3.11. The minimum atomic E-state index is -0.319. The van der Waals surface area contributed by atoms with Gasteiger partial charge in [-0.2, -0.15) is 0 Å². The van der Waals surface area contributed by atoms with Gasteiger partial charge in [0.05, 0.1) is 0 Å². The molecule has 0 bridgehead atoms. The molecule has 1 aromatic heterocycles. The average molecular weight is 353 g/mol. The van der Waals surface area contributed by atoms with E-state index in [1.165, 1.54) is 0 Å². The standard InChI is InChI=1S/C21H27N3O2/c1-5-6-7-11-22-20(25)17-9-8-10-18(23-17)21(26)24-19-15(3)12-14(2)13-16(19)4/h8-10,12-13H,5-7,11H2,1-4H3,(H,22,25)(H,24,26). The van der Waals surface area contributed by atoms with Gasteiger partial charge in [-0.25, -0.2) is 4.98 Å². The number of pyridine rings is 1. The van der Waals surface area contributed by atoms with Crippen LogP contribution in [0.3, 0.4) is 0 Å². The Kier molecular flexibility index (Phi) is 6.89. The molecule has 0 aliphatic heterocycles. The highest BCUT2D eigenvalue weighted by Crippen LogP contribution is 2.22. The van der Waals surface area contributed by atoms with Gasteiger partial charge in [0.2, 0.25) is 0 Å². The lowest BCUT2D eigenvalue weighted by atomic mass is 10.0. The van der Waals surface area contributed by atoms with Gasteiger partial charge in [-0.15, -0.1) is 0 Å². The fourth-order valence-corrected chi connectivity index (χ4v) is 2.91. The first-order chi connectivity index (χ1) is 12.4. The predicted octanol–water partition coefficient (Wildman–Crippen LogP) is 4.18. The molecule has 1 heterocycles. The van der Waals surface area contributed by atoms with Crippen molar-refractivity contribution in [1.29, 1.82) is 0 Å². The number of nitrogens with one attached hydrogen (secondary N) is 2. The SMILES string of the molecule is CCCCCNC(=O)c1cccc(C(=O)Nc2c(C)cc(C)cc2C)n1. The van der Waals surface area contributed by atoms with Crippen LogP contribution in [-0.2, 0) is 0 Å². The highest BCUT2D eigenvalue weighted by atomic mass is 16.2. The predicted molar refractivity (Wildman–Crippen MR) is 105 cm³/mol. The third-order valence-corrected chi connectivity index (χ3v) is 4.20. The van der Waals surface area contributed by atoms with E-state index in [-0.39, 0.29) is 23.2 Å². The fourth-order valence-electron chi connectivity index (χ4n) is 2.91. The molecule has 138 valence electrons. The smallest absolute Gasteiger partial charge is 0.274 e. The van der Waals surface area contributed by atoms with Crippen molar-refractivity contribution in [3.05, 3.63) is 58.4 Å². The molecule has 1 aromatic carbocycles. The van der Waals surface area contributed by atoms with Crippen LogP contribution in [0.2, 0.25) is 0 Å². The van der Waals surface area contributed by atoms with Gasteiger partial charge in [0.15, 0.2) is 0 Å². The van der Waals surface area contributed by atoms with E-state index in [1.54, 1.807) is 18.2 Å². The number of amides is 2. The van der Waals surface area contributed by atoms with Crippen molar-refractivity contribution in [2.24, 2.45) is 0 Å². The minimum absolute atomic E-state index is 0.227. The van der Waals surface area contributed by atoms with Crippen LogP contribution in [0.25, 0.3) is 0 Å². The number of hydrogen-bond acceptors (Lipinski definition) is 3. The largest absolute Gasteiger partial charge is 0.351 e. The summed E-state index contributed by atoms with van der Waals surface area (Å²) in [5.74, 6) is -0.570. The third-order valence-electron chi connectivity index (χ3n) is 4.20. The Morgan fingerprint density at radius 1 is 0.962 bits per heavy atom. The number of nitrogens with zero attached hydrogens (tertiary/aromatic N) is 1. The summed E-state index contributed by atoms with van der Waals surface area (Å²) in [6, 6.07) is 8.96. The zero-order valence-corrected chi connectivity index (χ0v) is 16.0. The van der Waals surface area contributed by atoms with Gasteiger partial charge in [0.25, 0.3) is 11.8 Å². The monoisotopic (exact) mass is 353 g/mol. The molecule has 0 radical (unpaired) electrons. The number of benzene rings is 1. The lowest BCUT2D eigenvalue weighted by Crippen LogP contribution is -2.26. The normalized spacial score (nSPS) is 10.5. The summed E-state index contributed by atoms with van der Waals surface area (Å²) in [4.78, 5) is 29.0. The number of carbonyl (C=O) groups is 2. The second kappa shape index (κ2) is 9.13. The van der Waals surface area contributed by atoms with Gasteiger partial charge in [-0.05, 0) is 50.5 Å². The topological polar surface area (TPSA) is 71.1 Å². The molecular weight excluding hydrogens is 326 g/mol. The van der Waals surface area contributed by atoms with E-state index in [0.717, 1.165) is 41.6 Å². The van der Waals surface area contributed by atoms with Gasteiger partial charge < -0.3 is 10.6 Å². The number of aryl methyl sites for hydroxylation is 3. The lowest BCUT2D eigenvalue weighted by molar-refractivity contribution is 0.0947. The molecule has 0 fully saturated rings. The van der Waals surface area contributed by atoms with Crippen LogP contribution < -0.4 is 10.6 Å². The molecule has 0 atom stereocenters. The van der Waals surface area contributed by atoms with E-state index in [1.807, 2.05) is 32.9 Å². The number of aromatic nitrogens is 1. The van der Waals surface area contributed by atoms with E-state index in [9.17, 15) is 9.59 Å². The maximum absolute atomic E-state index is 12.6. The fraction of sp³-hybridized carbons (Fsp3) is 0.381. The lowest BCUT2D eigenvalue weighted by Gasteiger charge is -2.13. The first-order valence-electron chi connectivity index (χ1n) is 9.06. The molecule has 2 amide bonds. The van der Waals surface area contributed by atoms with E-state index >= 15 is 0 Å². The highest BCUT2D eigenvalue weighted by molar-refractivity contribution is 6.04. The molecule has 0 spiro atoms. The Hall–Kier alpha value is -2.69. The van der Waals surface area contributed by atoms with Gasteiger partial charge in [0, 0.05) is 12.2 Å². The number of anilines is 1. The van der Waals surface area contributed by atoms with Crippen molar-refractivity contribution in [1.82, 2.24) is 10.3 Å². The average Bonchev–Trinajstić information content (AvgIpc) is 2.61. The Bertz CT molecular complexity index is 777. The Morgan fingerprint density at radius 3 is 2.19 bits per heavy atom. The summed E-state index contributed by atoms with van der Waals surface area (Å²) in [6.45, 7) is 8.68. The number of rotatable bonds is 7. The second-order valence-electron chi connectivity index (χ2n) is 6.60. The summed E-state index contributed by atoms with van der Waals surface area (Å²) in [5.41, 5.74) is 4.42. The number of unbranched alkanes of at least 4 members (excludes halogenated alkanes) is 2. The van der Waals surface area contributed by atoms with Gasteiger partial charge in [0.1, 0.15) is 11.4 Å². The molecule has 26 heavy (non-hydrogen) atoms. The van der Waals surface area contributed by atoms with Crippen molar-refractivity contribution in [2.75, 3.05) is 11.9 Å². The molecule has 0 aliphatic carbocycles. The molecule has 0 aliphatic rings. The van der Waals surface area contributed by atoms with Crippen LogP contribution in [0, 0.1) is 20.8 Å². The first-order valence-corrected chi connectivity index (χ1v) is 9.06. The summed E-state index contributed by atoms with van der Waals surface area (Å²) in [5, 5.41) is 5.76. The maximum atomic E-state index is 12.6. The van der Waals surface area contributed by atoms with Crippen LogP contribution >= 0.6 is 0 Å². The third kappa shape index (κ3) is 5.15. The van der Waals surface area contributed by atoms with Crippen LogP contribution in [0.15, 0.2) is 30.3 Å². The van der Waals surface area contributed by atoms with E-state index in [0.29, 0.717) is 6.54 Å². The van der Waals surface area contributed by atoms with E-state index < -0.39 is 0 Å². The zero-order chi connectivity index (χ0) is 19.1. The quantitative estimate of drug-likeness (QED) is 0.734. The van der Waals surface area contributed by atoms with E-state index in [2.05, 4.69) is 22.5 Å². The molecule has 0 saturated heterocycles. The number of carbonyl (C=O) groups excluding carboxylic acids is 2. The molecule has 5 heteroatoms. The highest BCUT2D eigenvalue weighted by Gasteiger charge is 2.14. The molecule has 2 rings (SSSR count). The molecule has 0 saturated carbocycles.